The van der Waals surface area contributed by atoms with Crippen LogP contribution in [0.2, 0.25) is 5.02 Å². The van der Waals surface area contributed by atoms with Gasteiger partial charge >= 0.3 is 0 Å². The molecule has 0 heterocycles. The number of halogens is 1. The van der Waals surface area contributed by atoms with Crippen molar-refractivity contribution in [1.29, 1.82) is 0 Å². The van der Waals surface area contributed by atoms with Crippen molar-refractivity contribution in [3.05, 3.63) is 34.9 Å². The van der Waals surface area contributed by atoms with Gasteiger partial charge in [-0.2, -0.15) is 0 Å². The van der Waals surface area contributed by atoms with Gasteiger partial charge in [-0.3, -0.25) is 9.59 Å². The fraction of sp³-hybridized carbons (Fsp3) is 0.429. The Bertz CT molecular complexity index is 479. The van der Waals surface area contributed by atoms with E-state index in [9.17, 15) is 9.59 Å². The smallest absolute Gasteiger partial charge is 0.277 e. The summed E-state index contributed by atoms with van der Waals surface area (Å²) < 4.78 is 0. The molecular weight excluding hydrogens is 278 g/mol. The second kappa shape index (κ2) is 7.87. The van der Waals surface area contributed by atoms with Crippen molar-refractivity contribution in [2.45, 2.75) is 13.0 Å². The maximum atomic E-state index is 11.9. The van der Waals surface area contributed by atoms with Crippen molar-refractivity contribution in [2.75, 3.05) is 27.2 Å². The molecule has 0 radical (unpaired) electrons. The van der Waals surface area contributed by atoms with Crippen LogP contribution in [0.3, 0.4) is 0 Å². The number of rotatable bonds is 6. The molecule has 0 saturated carbocycles. The van der Waals surface area contributed by atoms with Gasteiger partial charge in [0.2, 0.25) is 5.91 Å². The summed E-state index contributed by atoms with van der Waals surface area (Å²) in [6.07, 6.45) is 0. The molecule has 1 aromatic carbocycles. The average Bonchev–Trinajstić information content (AvgIpc) is 2.44. The summed E-state index contributed by atoms with van der Waals surface area (Å²) >= 11 is 6.12. The molecule has 110 valence electrons. The maximum absolute atomic E-state index is 11.9. The first-order valence-corrected chi connectivity index (χ1v) is 6.85. The highest BCUT2D eigenvalue weighted by molar-refractivity contribution is 6.31. The summed E-state index contributed by atoms with van der Waals surface area (Å²) in [6, 6.07) is 7.66. The Labute approximate surface area is 124 Å². The third-order valence-corrected chi connectivity index (χ3v) is 3.47. The van der Waals surface area contributed by atoms with Gasteiger partial charge in [-0.05, 0) is 13.0 Å². The Morgan fingerprint density at radius 1 is 1.40 bits per heavy atom. The SMILES string of the molecule is CNC(=O)CN(C)C(=O)C[NH2+][C@@H](C)c1ccccc1Cl. The van der Waals surface area contributed by atoms with E-state index in [0.29, 0.717) is 5.02 Å². The number of nitrogens with one attached hydrogen (secondary N) is 1. The molecule has 3 N–H and O–H groups in total. The van der Waals surface area contributed by atoms with Crippen LogP contribution in [-0.4, -0.2) is 43.9 Å². The molecule has 0 aromatic heterocycles. The number of benzene rings is 1. The zero-order valence-electron chi connectivity index (χ0n) is 12.0. The van der Waals surface area contributed by atoms with Gasteiger partial charge < -0.3 is 15.5 Å². The van der Waals surface area contributed by atoms with Crippen molar-refractivity contribution in [1.82, 2.24) is 10.2 Å². The second-order valence-electron chi connectivity index (χ2n) is 4.67. The zero-order valence-corrected chi connectivity index (χ0v) is 12.8. The molecule has 0 unspecified atom stereocenters. The van der Waals surface area contributed by atoms with E-state index in [1.807, 2.05) is 36.5 Å². The van der Waals surface area contributed by atoms with Gasteiger partial charge in [-0.1, -0.05) is 29.8 Å². The monoisotopic (exact) mass is 298 g/mol. The molecule has 0 fully saturated rings. The number of carbonyl (C=O) groups is 2. The largest absolute Gasteiger partial charge is 0.358 e. The van der Waals surface area contributed by atoms with Crippen LogP contribution in [0.5, 0.6) is 0 Å². The van der Waals surface area contributed by atoms with Crippen molar-refractivity contribution in [3.63, 3.8) is 0 Å². The van der Waals surface area contributed by atoms with E-state index >= 15 is 0 Å². The molecule has 5 nitrogen and oxygen atoms in total. The molecule has 0 aliphatic carbocycles. The summed E-state index contributed by atoms with van der Waals surface area (Å²) in [4.78, 5) is 24.5. The van der Waals surface area contributed by atoms with Crippen molar-refractivity contribution in [3.8, 4) is 0 Å². The predicted octanol–water partition coefficient (Wildman–Crippen LogP) is 0.169. The average molecular weight is 299 g/mol. The molecule has 2 amide bonds. The van der Waals surface area contributed by atoms with E-state index in [1.165, 1.54) is 4.90 Å². The quantitative estimate of drug-likeness (QED) is 0.786. The molecule has 0 aliphatic heterocycles. The number of likely N-dealkylation sites (N-methyl/N-ethyl adjacent to an activating group) is 2. The van der Waals surface area contributed by atoms with E-state index in [1.54, 1.807) is 14.1 Å². The van der Waals surface area contributed by atoms with Gasteiger partial charge in [0.1, 0.15) is 6.04 Å². The van der Waals surface area contributed by atoms with Crippen LogP contribution < -0.4 is 10.6 Å². The van der Waals surface area contributed by atoms with Crippen LogP contribution in [0.15, 0.2) is 24.3 Å². The summed E-state index contributed by atoms with van der Waals surface area (Å²) in [7, 11) is 3.16. The van der Waals surface area contributed by atoms with Gasteiger partial charge in [0.15, 0.2) is 6.54 Å². The van der Waals surface area contributed by atoms with Crippen LogP contribution >= 0.6 is 11.6 Å². The topological polar surface area (TPSA) is 66.0 Å². The van der Waals surface area contributed by atoms with Gasteiger partial charge in [-0.15, -0.1) is 0 Å². The normalized spacial score (nSPS) is 11.8. The number of hydrogen-bond donors (Lipinski definition) is 2. The summed E-state index contributed by atoms with van der Waals surface area (Å²) in [5.74, 6) is -0.271. The van der Waals surface area contributed by atoms with Gasteiger partial charge in [0.25, 0.3) is 5.91 Å². The Balaban J connectivity index is 2.48. The molecule has 0 bridgehead atoms. The lowest BCUT2D eigenvalue weighted by Gasteiger charge is -2.17. The van der Waals surface area contributed by atoms with Crippen molar-refractivity contribution < 1.29 is 14.9 Å². The first-order valence-electron chi connectivity index (χ1n) is 6.48. The number of nitrogens with two attached hydrogens (primary N) is 1. The fourth-order valence-corrected chi connectivity index (χ4v) is 2.10. The van der Waals surface area contributed by atoms with E-state index in [0.717, 1.165) is 5.56 Å². The third-order valence-electron chi connectivity index (χ3n) is 3.13. The summed E-state index contributed by atoms with van der Waals surface area (Å²) in [6.45, 7) is 2.34. The van der Waals surface area contributed by atoms with E-state index in [2.05, 4.69) is 5.32 Å². The van der Waals surface area contributed by atoms with Gasteiger partial charge in [-0.25, -0.2) is 0 Å². The van der Waals surface area contributed by atoms with E-state index < -0.39 is 0 Å². The lowest BCUT2D eigenvalue weighted by atomic mass is 10.1. The molecule has 1 atom stereocenters. The molecule has 1 rings (SSSR count). The first kappa shape index (κ1) is 16.5. The number of carbonyl (C=O) groups excluding carboxylic acids is 2. The predicted molar refractivity (Wildman–Crippen MR) is 78.4 cm³/mol. The molecule has 0 saturated heterocycles. The molecule has 20 heavy (non-hydrogen) atoms. The van der Waals surface area contributed by atoms with Crippen molar-refractivity contribution in [2.24, 2.45) is 0 Å². The Morgan fingerprint density at radius 2 is 2.05 bits per heavy atom. The van der Waals surface area contributed by atoms with Crippen LogP contribution in [0.25, 0.3) is 0 Å². The molecular formula is C14H21ClN3O2+. The Hall–Kier alpha value is -1.59. The number of amides is 2. The molecule has 1 aromatic rings. The van der Waals surface area contributed by atoms with Crippen LogP contribution in [0.1, 0.15) is 18.5 Å². The Morgan fingerprint density at radius 3 is 2.65 bits per heavy atom. The minimum absolute atomic E-state index is 0.0731. The van der Waals surface area contributed by atoms with Crippen LogP contribution in [-0.2, 0) is 9.59 Å². The highest BCUT2D eigenvalue weighted by Crippen LogP contribution is 2.19. The van der Waals surface area contributed by atoms with Gasteiger partial charge in [0, 0.05) is 24.7 Å². The first-order chi connectivity index (χ1) is 9.45. The van der Waals surface area contributed by atoms with Gasteiger partial charge in [0.05, 0.1) is 6.54 Å². The van der Waals surface area contributed by atoms with E-state index in [4.69, 9.17) is 11.6 Å². The Kier molecular flexibility index (Phi) is 6.48. The zero-order chi connectivity index (χ0) is 15.1. The second-order valence-corrected chi connectivity index (χ2v) is 5.08. The molecule has 0 aliphatic rings. The van der Waals surface area contributed by atoms with Crippen LogP contribution in [0.4, 0.5) is 0 Å². The lowest BCUT2D eigenvalue weighted by Crippen LogP contribution is -2.87. The van der Waals surface area contributed by atoms with Crippen molar-refractivity contribution >= 4 is 23.4 Å². The number of quaternary nitrogens is 1. The lowest BCUT2D eigenvalue weighted by molar-refractivity contribution is -0.683. The minimum Gasteiger partial charge on any atom is -0.358 e. The standard InChI is InChI=1S/C14H20ClN3O2/c1-10(11-6-4-5-7-12(11)15)17-8-14(20)18(3)9-13(19)16-2/h4-7,10,17H,8-9H2,1-3H3,(H,16,19)/p+1/t10-/m0/s1. The fourth-order valence-electron chi connectivity index (χ4n) is 1.79. The highest BCUT2D eigenvalue weighted by Gasteiger charge is 2.17. The third kappa shape index (κ3) is 4.83. The summed E-state index contributed by atoms with van der Waals surface area (Å²) in [5.41, 5.74) is 0.996. The van der Waals surface area contributed by atoms with E-state index in [-0.39, 0.29) is 30.9 Å². The maximum Gasteiger partial charge on any atom is 0.277 e. The molecule has 0 spiro atoms. The minimum atomic E-state index is -0.181. The number of hydrogen-bond acceptors (Lipinski definition) is 2. The summed E-state index contributed by atoms with van der Waals surface area (Å²) in [5, 5.41) is 5.09. The number of nitrogens with zero attached hydrogens (tertiary/aromatic N) is 1. The highest BCUT2D eigenvalue weighted by atomic mass is 35.5. The van der Waals surface area contributed by atoms with Crippen LogP contribution in [0, 0.1) is 0 Å². The molecule has 6 heteroatoms.